The highest BCUT2D eigenvalue weighted by atomic mass is 33.3. The highest BCUT2D eigenvalue weighted by Gasteiger charge is 2.65. The average molecular weight is 312 g/mol. The van der Waals surface area contributed by atoms with Crippen molar-refractivity contribution in [3.63, 3.8) is 0 Å². The van der Waals surface area contributed by atoms with Crippen LogP contribution in [0.2, 0.25) is 0 Å². The summed E-state index contributed by atoms with van der Waals surface area (Å²) in [6.07, 6.45) is -0.743. The van der Waals surface area contributed by atoms with Crippen molar-refractivity contribution in [3.05, 3.63) is 29.6 Å². The van der Waals surface area contributed by atoms with Gasteiger partial charge in [0.1, 0.15) is 5.82 Å². The van der Waals surface area contributed by atoms with Gasteiger partial charge in [0, 0.05) is 15.7 Å². The zero-order valence-corrected chi connectivity index (χ0v) is 10.0. The number of hydrogen-bond donors (Lipinski definition) is 1. The van der Waals surface area contributed by atoms with Crippen molar-refractivity contribution in [1.29, 1.82) is 0 Å². The van der Waals surface area contributed by atoms with E-state index < -0.39 is 43.2 Å². The summed E-state index contributed by atoms with van der Waals surface area (Å²) in [5, 5.41) is 8.36. The molecule has 18 heavy (non-hydrogen) atoms. The Hall–Kier alpha value is -1.03. The van der Waals surface area contributed by atoms with Crippen LogP contribution < -0.4 is 0 Å². The molecule has 1 N–H and O–H groups in total. The van der Waals surface area contributed by atoms with Crippen molar-refractivity contribution in [1.82, 2.24) is 0 Å². The Labute approximate surface area is 101 Å². The van der Waals surface area contributed by atoms with Gasteiger partial charge in [0.15, 0.2) is 0 Å². The molecular weight excluding hydrogens is 306 g/mol. The van der Waals surface area contributed by atoms with Crippen molar-refractivity contribution in [2.24, 2.45) is 0 Å². The van der Waals surface area contributed by atoms with Gasteiger partial charge in [0.2, 0.25) is 0 Å². The van der Waals surface area contributed by atoms with Crippen molar-refractivity contribution < 1.29 is 33.7 Å². The minimum Gasteiger partial charge on any atom is -0.481 e. The smallest absolute Gasteiger partial charge is 0.335 e. The molecule has 0 aliphatic carbocycles. The van der Waals surface area contributed by atoms with Crippen molar-refractivity contribution in [2.75, 3.05) is 0 Å². The van der Waals surface area contributed by atoms with E-state index in [9.17, 15) is 28.6 Å². The summed E-state index contributed by atoms with van der Waals surface area (Å²) in [6.45, 7) is 0. The Morgan fingerprint density at radius 2 is 1.78 bits per heavy atom. The summed E-state index contributed by atoms with van der Waals surface area (Å²) in [7, 11) is -11.4. The first-order chi connectivity index (χ1) is 7.75. The highest BCUT2D eigenvalue weighted by molar-refractivity contribution is 9.02. The van der Waals surface area contributed by atoms with E-state index in [-0.39, 0.29) is 11.6 Å². The van der Waals surface area contributed by atoms with Gasteiger partial charge >= 0.3 is 15.2 Å². The molecule has 10 heteroatoms. The third-order valence-electron chi connectivity index (χ3n) is 1.62. The topological polar surface area (TPSA) is 37.3 Å². The Balaban J connectivity index is 3.03. The molecule has 0 heterocycles. The lowest BCUT2D eigenvalue weighted by Gasteiger charge is -2.38. The molecular formula is C8H6F6O2S2. The number of aliphatic carboxylic acids is 1. The SMILES string of the molecule is O=C(O)Cc1ccc(SS(F)(F)(F)(F)F)cc1F. The summed E-state index contributed by atoms with van der Waals surface area (Å²) in [5.41, 5.74) is -0.381. The quantitative estimate of drug-likeness (QED) is 0.643. The minimum absolute atomic E-state index is 0.237. The van der Waals surface area contributed by atoms with Crippen LogP contribution in [0.1, 0.15) is 5.56 Å². The van der Waals surface area contributed by atoms with E-state index in [2.05, 4.69) is 0 Å². The highest BCUT2D eigenvalue weighted by Crippen LogP contribution is 3.06. The largest absolute Gasteiger partial charge is 0.481 e. The molecule has 1 aromatic carbocycles. The lowest BCUT2D eigenvalue weighted by Crippen LogP contribution is -2.03. The fourth-order valence-corrected chi connectivity index (χ4v) is 3.11. The summed E-state index contributed by atoms with van der Waals surface area (Å²) in [4.78, 5) is 9.24. The van der Waals surface area contributed by atoms with Crippen molar-refractivity contribution in [2.45, 2.75) is 11.3 Å². The predicted molar refractivity (Wildman–Crippen MR) is 56.7 cm³/mol. The summed E-state index contributed by atoms with van der Waals surface area (Å²) in [6, 6.07) is 1.57. The van der Waals surface area contributed by atoms with Gasteiger partial charge < -0.3 is 5.11 Å². The molecule has 0 aliphatic rings. The first-order valence-corrected chi connectivity index (χ1v) is 7.49. The monoisotopic (exact) mass is 312 g/mol. The van der Waals surface area contributed by atoms with E-state index in [1.807, 2.05) is 0 Å². The molecule has 104 valence electrons. The van der Waals surface area contributed by atoms with Gasteiger partial charge in [-0.05, 0) is 17.7 Å². The van der Waals surface area contributed by atoms with Crippen LogP contribution in [0.3, 0.4) is 0 Å². The van der Waals surface area contributed by atoms with E-state index in [4.69, 9.17) is 5.11 Å². The summed E-state index contributed by atoms with van der Waals surface area (Å²) in [5.74, 6) is -2.66. The van der Waals surface area contributed by atoms with Gasteiger partial charge in [-0.1, -0.05) is 25.5 Å². The maximum absolute atomic E-state index is 13.2. The zero-order chi connectivity index (χ0) is 14.3. The van der Waals surface area contributed by atoms with E-state index >= 15 is 0 Å². The number of rotatable bonds is 4. The Bertz CT molecular complexity index is 497. The van der Waals surface area contributed by atoms with Gasteiger partial charge in [-0.2, -0.15) is 0 Å². The van der Waals surface area contributed by atoms with Crippen LogP contribution in [-0.4, -0.2) is 11.1 Å². The molecule has 0 amide bonds. The van der Waals surface area contributed by atoms with Crippen LogP contribution in [0.5, 0.6) is 0 Å². The van der Waals surface area contributed by atoms with Gasteiger partial charge in [0.25, 0.3) is 0 Å². The molecule has 0 aromatic heterocycles. The predicted octanol–water partition coefficient (Wildman–Crippen LogP) is 4.76. The Kier molecular flexibility index (Phi) is 3.12. The van der Waals surface area contributed by atoms with Crippen molar-refractivity contribution >= 4 is 26.0 Å². The third-order valence-corrected chi connectivity index (χ3v) is 3.90. The summed E-state index contributed by atoms with van der Waals surface area (Å²) < 4.78 is 73.6. The first kappa shape index (κ1) is 15.0. The first-order valence-electron chi connectivity index (χ1n) is 4.20. The molecule has 0 aliphatic heterocycles. The van der Waals surface area contributed by atoms with Gasteiger partial charge in [-0.15, -0.1) is 0 Å². The summed E-state index contributed by atoms with van der Waals surface area (Å²) >= 11 is 0. The lowest BCUT2D eigenvalue weighted by molar-refractivity contribution is -0.136. The number of hydrogen-bond acceptors (Lipinski definition) is 2. The number of benzene rings is 1. The van der Waals surface area contributed by atoms with Gasteiger partial charge in [-0.25, -0.2) is 4.39 Å². The van der Waals surface area contributed by atoms with Crippen LogP contribution in [0.25, 0.3) is 0 Å². The average Bonchev–Trinajstić information content (AvgIpc) is 2.03. The third kappa shape index (κ3) is 5.54. The molecule has 2 nitrogen and oxygen atoms in total. The molecule has 0 unspecified atom stereocenters. The van der Waals surface area contributed by atoms with E-state index in [1.54, 1.807) is 0 Å². The molecule has 0 spiro atoms. The molecule has 0 atom stereocenters. The molecule has 0 fully saturated rings. The molecule has 1 rings (SSSR count). The fraction of sp³-hybridized carbons (Fsp3) is 0.125. The van der Waals surface area contributed by atoms with Crippen LogP contribution in [0.4, 0.5) is 23.8 Å². The second-order valence-electron chi connectivity index (χ2n) is 3.31. The number of carbonyl (C=O) groups is 1. The normalized spacial score (nSPS) is 15.9. The van der Waals surface area contributed by atoms with Crippen LogP contribution >= 0.6 is 20.0 Å². The standard InChI is InChI=1S/C8H6F6O2S2/c9-7-4-6(17-18(10,11,12,13)14)2-1-5(7)3-8(15)16/h1-2,4H,3H2,(H,15,16). The van der Waals surface area contributed by atoms with Crippen LogP contribution in [0, 0.1) is 5.82 Å². The Morgan fingerprint density at radius 3 is 2.17 bits per heavy atom. The number of halogens is 6. The second-order valence-corrected chi connectivity index (χ2v) is 8.13. The lowest BCUT2D eigenvalue weighted by atomic mass is 10.1. The number of carboxylic acid groups (broad SMARTS) is 1. The fourth-order valence-electron chi connectivity index (χ4n) is 1.07. The second kappa shape index (κ2) is 3.73. The molecule has 1 aromatic rings. The maximum Gasteiger partial charge on any atom is 0.335 e. The van der Waals surface area contributed by atoms with Crippen LogP contribution in [0.15, 0.2) is 23.1 Å². The Morgan fingerprint density at radius 1 is 1.22 bits per heavy atom. The molecule has 0 saturated carbocycles. The van der Waals surface area contributed by atoms with Gasteiger partial charge in [-0.3, -0.25) is 4.79 Å². The minimum atomic E-state index is -9.73. The maximum atomic E-state index is 13.2. The van der Waals surface area contributed by atoms with E-state index in [1.165, 1.54) is 0 Å². The van der Waals surface area contributed by atoms with Crippen molar-refractivity contribution in [3.8, 4) is 0 Å². The van der Waals surface area contributed by atoms with E-state index in [0.717, 1.165) is 6.07 Å². The number of carboxylic acids is 1. The molecule has 0 radical (unpaired) electrons. The van der Waals surface area contributed by atoms with E-state index in [0.29, 0.717) is 6.07 Å². The molecule has 0 saturated heterocycles. The van der Waals surface area contributed by atoms with Crippen LogP contribution in [-0.2, 0) is 11.2 Å². The molecule has 0 bridgehead atoms. The zero-order valence-electron chi connectivity index (χ0n) is 8.38. The van der Waals surface area contributed by atoms with Gasteiger partial charge in [0.05, 0.1) is 6.42 Å².